The summed E-state index contributed by atoms with van der Waals surface area (Å²) in [7, 11) is 0. The Morgan fingerprint density at radius 2 is 1.96 bits per heavy atom. The molecule has 1 N–H and O–H groups in total. The van der Waals surface area contributed by atoms with E-state index in [0.717, 1.165) is 25.2 Å². The SMILES string of the molecule is O=C(Cn1ccc2ccccc21)N[C@H]1COC[C@@H]1N1CCCCC1. The molecule has 1 aromatic carbocycles. The molecule has 0 aliphatic carbocycles. The predicted molar refractivity (Wildman–Crippen MR) is 93.9 cm³/mol. The number of carbonyl (C=O) groups is 1. The van der Waals surface area contributed by atoms with Gasteiger partial charge in [-0.3, -0.25) is 9.69 Å². The summed E-state index contributed by atoms with van der Waals surface area (Å²) < 4.78 is 7.68. The fourth-order valence-electron chi connectivity index (χ4n) is 3.98. The minimum atomic E-state index is 0.0638. The second kappa shape index (κ2) is 6.95. The number of para-hydroxylation sites is 1. The monoisotopic (exact) mass is 327 g/mol. The molecule has 0 saturated carbocycles. The van der Waals surface area contributed by atoms with Gasteiger partial charge >= 0.3 is 0 Å². The van der Waals surface area contributed by atoms with E-state index in [2.05, 4.69) is 28.4 Å². The Morgan fingerprint density at radius 1 is 1.12 bits per heavy atom. The van der Waals surface area contributed by atoms with Crippen LogP contribution in [0.4, 0.5) is 0 Å². The van der Waals surface area contributed by atoms with Gasteiger partial charge in [-0.25, -0.2) is 0 Å². The fourth-order valence-corrected chi connectivity index (χ4v) is 3.98. The molecule has 4 rings (SSSR count). The highest BCUT2D eigenvalue weighted by Gasteiger charge is 2.34. The average molecular weight is 327 g/mol. The first-order valence-electron chi connectivity index (χ1n) is 8.96. The second-order valence-corrected chi connectivity index (χ2v) is 6.88. The highest BCUT2D eigenvalue weighted by molar-refractivity contribution is 5.83. The Morgan fingerprint density at radius 3 is 2.83 bits per heavy atom. The lowest BCUT2D eigenvalue weighted by atomic mass is 10.0. The molecule has 128 valence electrons. The summed E-state index contributed by atoms with van der Waals surface area (Å²) in [6.07, 6.45) is 5.82. The number of ether oxygens (including phenoxy) is 1. The molecular formula is C19H25N3O2. The summed E-state index contributed by atoms with van der Waals surface area (Å²) in [6, 6.07) is 10.6. The average Bonchev–Trinajstić information content (AvgIpc) is 3.23. The molecule has 24 heavy (non-hydrogen) atoms. The molecule has 5 nitrogen and oxygen atoms in total. The number of hydrogen-bond donors (Lipinski definition) is 1. The largest absolute Gasteiger partial charge is 0.378 e. The Kier molecular flexibility index (Phi) is 4.54. The lowest BCUT2D eigenvalue weighted by Gasteiger charge is -2.34. The summed E-state index contributed by atoms with van der Waals surface area (Å²) in [4.78, 5) is 15.0. The quantitative estimate of drug-likeness (QED) is 0.934. The summed E-state index contributed by atoms with van der Waals surface area (Å²) >= 11 is 0. The van der Waals surface area contributed by atoms with E-state index in [-0.39, 0.29) is 11.9 Å². The van der Waals surface area contributed by atoms with Crippen LogP contribution in [-0.2, 0) is 16.1 Å². The van der Waals surface area contributed by atoms with Crippen molar-refractivity contribution in [1.82, 2.24) is 14.8 Å². The minimum absolute atomic E-state index is 0.0638. The smallest absolute Gasteiger partial charge is 0.240 e. The first-order valence-corrected chi connectivity index (χ1v) is 8.96. The van der Waals surface area contributed by atoms with Crippen LogP contribution in [0.2, 0.25) is 0 Å². The number of amides is 1. The van der Waals surface area contributed by atoms with Gasteiger partial charge in [-0.2, -0.15) is 0 Å². The van der Waals surface area contributed by atoms with Crippen molar-refractivity contribution in [3.63, 3.8) is 0 Å². The van der Waals surface area contributed by atoms with E-state index >= 15 is 0 Å². The van der Waals surface area contributed by atoms with Gasteiger partial charge < -0.3 is 14.6 Å². The zero-order valence-electron chi connectivity index (χ0n) is 14.0. The zero-order chi connectivity index (χ0) is 16.4. The van der Waals surface area contributed by atoms with Crippen LogP contribution in [0.5, 0.6) is 0 Å². The molecule has 2 aliphatic heterocycles. The van der Waals surface area contributed by atoms with Crippen LogP contribution in [0.3, 0.4) is 0 Å². The molecule has 3 heterocycles. The Labute approximate surface area is 142 Å². The zero-order valence-corrected chi connectivity index (χ0v) is 14.0. The van der Waals surface area contributed by atoms with Gasteiger partial charge in [-0.05, 0) is 43.5 Å². The Bertz CT molecular complexity index is 705. The summed E-state index contributed by atoms with van der Waals surface area (Å²) in [5.41, 5.74) is 1.10. The van der Waals surface area contributed by atoms with Gasteiger partial charge in [-0.1, -0.05) is 24.6 Å². The molecule has 5 heteroatoms. The summed E-state index contributed by atoms with van der Waals surface area (Å²) in [5.74, 6) is 0.0638. The highest BCUT2D eigenvalue weighted by atomic mass is 16.5. The molecule has 0 bridgehead atoms. The molecule has 0 radical (unpaired) electrons. The maximum Gasteiger partial charge on any atom is 0.240 e. The Hall–Kier alpha value is -1.85. The standard InChI is InChI=1S/C19H25N3O2/c23-19(12-22-11-8-15-6-2-3-7-17(15)22)20-16-13-24-14-18(16)21-9-4-1-5-10-21/h2-3,6-8,11,16,18H,1,4-5,9-10,12-14H2,(H,20,23)/t16-,18-/m0/s1. The lowest BCUT2D eigenvalue weighted by molar-refractivity contribution is -0.122. The predicted octanol–water partition coefficient (Wildman–Crippen LogP) is 2.01. The molecule has 2 saturated heterocycles. The molecule has 1 amide bonds. The number of fused-ring (bicyclic) bond motifs is 1. The van der Waals surface area contributed by atoms with E-state index in [4.69, 9.17) is 4.74 Å². The van der Waals surface area contributed by atoms with Gasteiger partial charge in [-0.15, -0.1) is 0 Å². The van der Waals surface area contributed by atoms with E-state index in [1.54, 1.807) is 0 Å². The number of carbonyl (C=O) groups excluding carboxylic acids is 1. The van der Waals surface area contributed by atoms with Crippen molar-refractivity contribution in [3.8, 4) is 0 Å². The Balaban J connectivity index is 1.40. The van der Waals surface area contributed by atoms with Gasteiger partial charge in [0.2, 0.25) is 5.91 Å². The van der Waals surface area contributed by atoms with Crippen molar-refractivity contribution in [2.75, 3.05) is 26.3 Å². The van der Waals surface area contributed by atoms with E-state index in [9.17, 15) is 4.79 Å². The summed E-state index contributed by atoms with van der Waals surface area (Å²) in [5, 5.41) is 4.37. The molecule has 0 spiro atoms. The van der Waals surface area contributed by atoms with Crippen LogP contribution >= 0.6 is 0 Å². The van der Waals surface area contributed by atoms with Crippen molar-refractivity contribution < 1.29 is 9.53 Å². The van der Waals surface area contributed by atoms with Crippen molar-refractivity contribution in [2.45, 2.75) is 37.9 Å². The van der Waals surface area contributed by atoms with Crippen LogP contribution < -0.4 is 5.32 Å². The van der Waals surface area contributed by atoms with Crippen molar-refractivity contribution >= 4 is 16.8 Å². The minimum Gasteiger partial charge on any atom is -0.378 e. The second-order valence-electron chi connectivity index (χ2n) is 6.88. The number of piperidine rings is 1. The number of likely N-dealkylation sites (tertiary alicyclic amines) is 1. The van der Waals surface area contributed by atoms with Crippen molar-refractivity contribution in [1.29, 1.82) is 0 Å². The van der Waals surface area contributed by atoms with Crippen LogP contribution in [0.25, 0.3) is 10.9 Å². The van der Waals surface area contributed by atoms with Gasteiger partial charge in [0, 0.05) is 11.7 Å². The van der Waals surface area contributed by atoms with Gasteiger partial charge in [0.05, 0.1) is 25.3 Å². The normalized spacial score (nSPS) is 25.2. The molecule has 2 aliphatic rings. The van der Waals surface area contributed by atoms with Crippen LogP contribution in [-0.4, -0.2) is 53.8 Å². The number of hydrogen-bond acceptors (Lipinski definition) is 3. The van der Waals surface area contributed by atoms with Gasteiger partial charge in [0.1, 0.15) is 6.54 Å². The first-order chi connectivity index (χ1) is 11.8. The maximum atomic E-state index is 12.5. The van der Waals surface area contributed by atoms with E-state index in [1.807, 2.05) is 22.9 Å². The van der Waals surface area contributed by atoms with E-state index in [1.165, 1.54) is 24.6 Å². The molecule has 2 aromatic rings. The fraction of sp³-hybridized carbons (Fsp3) is 0.526. The third kappa shape index (κ3) is 3.19. The number of nitrogens with zero attached hydrogens (tertiary/aromatic N) is 2. The van der Waals surface area contributed by atoms with Crippen LogP contribution in [0.1, 0.15) is 19.3 Å². The van der Waals surface area contributed by atoms with Crippen molar-refractivity contribution in [3.05, 3.63) is 36.5 Å². The van der Waals surface area contributed by atoms with Crippen molar-refractivity contribution in [2.24, 2.45) is 0 Å². The molecule has 2 fully saturated rings. The number of rotatable bonds is 4. The van der Waals surface area contributed by atoms with Gasteiger partial charge in [0.15, 0.2) is 0 Å². The third-order valence-corrected chi connectivity index (χ3v) is 5.25. The number of benzene rings is 1. The first kappa shape index (κ1) is 15.7. The van der Waals surface area contributed by atoms with Crippen LogP contribution in [0, 0.1) is 0 Å². The molecule has 1 aromatic heterocycles. The maximum absolute atomic E-state index is 12.5. The molecular weight excluding hydrogens is 302 g/mol. The van der Waals surface area contributed by atoms with E-state index in [0.29, 0.717) is 19.2 Å². The molecule has 0 unspecified atom stereocenters. The third-order valence-electron chi connectivity index (χ3n) is 5.25. The van der Waals surface area contributed by atoms with Crippen LogP contribution in [0.15, 0.2) is 36.5 Å². The lowest BCUT2D eigenvalue weighted by Crippen LogP contribution is -2.52. The summed E-state index contributed by atoms with van der Waals surface area (Å²) in [6.45, 7) is 3.97. The molecule has 2 atom stereocenters. The highest BCUT2D eigenvalue weighted by Crippen LogP contribution is 2.19. The van der Waals surface area contributed by atoms with E-state index < -0.39 is 0 Å². The number of nitrogens with one attached hydrogen (secondary N) is 1. The topological polar surface area (TPSA) is 46.5 Å². The number of aromatic nitrogens is 1. The van der Waals surface area contributed by atoms with Gasteiger partial charge in [0.25, 0.3) is 0 Å².